The summed E-state index contributed by atoms with van der Waals surface area (Å²) in [6.07, 6.45) is 0.802. The summed E-state index contributed by atoms with van der Waals surface area (Å²) in [5.74, 6) is -1.76. The molecule has 5 nitrogen and oxygen atoms in total. The summed E-state index contributed by atoms with van der Waals surface area (Å²) in [6.45, 7) is 2.94. The maximum atomic E-state index is 12.1. The molecular formula is C15H20N2O3. The summed E-state index contributed by atoms with van der Waals surface area (Å²) >= 11 is 0. The van der Waals surface area contributed by atoms with Crippen molar-refractivity contribution in [3.05, 3.63) is 35.9 Å². The maximum Gasteiger partial charge on any atom is 0.312 e. The first-order chi connectivity index (χ1) is 9.59. The number of benzene rings is 1. The summed E-state index contributed by atoms with van der Waals surface area (Å²) < 4.78 is 0. The third-order valence-electron chi connectivity index (χ3n) is 3.84. The average Bonchev–Trinajstić information content (AvgIpc) is 2.86. The standard InChI is InChI=1S/C15H20N2O3/c1-10-12(7-8-16-10)14(18)17-9-13(15(19)20)11-5-3-2-4-6-11/h2-6,10,12-13,16H,7-9H2,1H3,(H,17,18)(H,19,20). The van der Waals surface area contributed by atoms with Crippen LogP contribution in [0.15, 0.2) is 30.3 Å². The van der Waals surface area contributed by atoms with Gasteiger partial charge in [-0.2, -0.15) is 0 Å². The lowest BCUT2D eigenvalue weighted by Gasteiger charge is -2.18. The van der Waals surface area contributed by atoms with Crippen LogP contribution >= 0.6 is 0 Å². The number of carboxylic acids is 1. The molecule has 2 rings (SSSR count). The van der Waals surface area contributed by atoms with Crippen molar-refractivity contribution < 1.29 is 14.7 Å². The summed E-state index contributed by atoms with van der Waals surface area (Å²) in [5.41, 5.74) is 0.706. The number of amides is 1. The molecule has 20 heavy (non-hydrogen) atoms. The normalized spacial score (nSPS) is 23.2. The topological polar surface area (TPSA) is 78.4 Å². The van der Waals surface area contributed by atoms with E-state index in [-0.39, 0.29) is 24.4 Å². The first-order valence-electron chi connectivity index (χ1n) is 6.88. The van der Waals surface area contributed by atoms with E-state index in [1.54, 1.807) is 24.3 Å². The van der Waals surface area contributed by atoms with Crippen LogP contribution in [-0.2, 0) is 9.59 Å². The molecule has 0 radical (unpaired) electrons. The predicted octanol–water partition coefficient (Wildman–Crippen LogP) is 0.969. The van der Waals surface area contributed by atoms with Gasteiger partial charge in [0, 0.05) is 12.6 Å². The summed E-state index contributed by atoms with van der Waals surface area (Å²) in [4.78, 5) is 23.4. The number of hydrogen-bond donors (Lipinski definition) is 3. The van der Waals surface area contributed by atoms with Gasteiger partial charge < -0.3 is 15.7 Å². The highest BCUT2D eigenvalue weighted by molar-refractivity contribution is 5.82. The SMILES string of the molecule is CC1NCCC1C(=O)NCC(C(=O)O)c1ccccc1. The molecular weight excluding hydrogens is 256 g/mol. The van der Waals surface area contributed by atoms with Crippen LogP contribution < -0.4 is 10.6 Å². The second-order valence-electron chi connectivity index (χ2n) is 5.18. The molecule has 3 N–H and O–H groups in total. The molecule has 1 fully saturated rings. The van der Waals surface area contributed by atoms with E-state index in [2.05, 4.69) is 10.6 Å². The van der Waals surface area contributed by atoms with Crippen LogP contribution in [0.4, 0.5) is 0 Å². The monoisotopic (exact) mass is 276 g/mol. The molecule has 1 aliphatic rings. The molecule has 0 aromatic heterocycles. The van der Waals surface area contributed by atoms with Gasteiger partial charge in [-0.1, -0.05) is 30.3 Å². The fourth-order valence-electron chi connectivity index (χ4n) is 2.58. The average molecular weight is 276 g/mol. The Morgan fingerprint density at radius 2 is 2.10 bits per heavy atom. The number of nitrogens with one attached hydrogen (secondary N) is 2. The molecule has 0 saturated carbocycles. The third-order valence-corrected chi connectivity index (χ3v) is 3.84. The number of carboxylic acid groups (broad SMARTS) is 1. The lowest BCUT2D eigenvalue weighted by molar-refractivity contribution is -0.138. The van der Waals surface area contributed by atoms with Crippen LogP contribution in [-0.4, -0.2) is 36.1 Å². The molecule has 0 spiro atoms. The second kappa shape index (κ2) is 6.52. The van der Waals surface area contributed by atoms with E-state index >= 15 is 0 Å². The first-order valence-corrected chi connectivity index (χ1v) is 6.88. The molecule has 1 saturated heterocycles. The van der Waals surface area contributed by atoms with Crippen LogP contribution in [0.25, 0.3) is 0 Å². The lowest BCUT2D eigenvalue weighted by atomic mass is 9.97. The highest BCUT2D eigenvalue weighted by Crippen LogP contribution is 2.17. The van der Waals surface area contributed by atoms with Gasteiger partial charge in [-0.3, -0.25) is 9.59 Å². The zero-order valence-corrected chi connectivity index (χ0v) is 11.5. The zero-order valence-electron chi connectivity index (χ0n) is 11.5. The van der Waals surface area contributed by atoms with Gasteiger partial charge in [0.15, 0.2) is 0 Å². The molecule has 0 aliphatic carbocycles. The van der Waals surface area contributed by atoms with Crippen LogP contribution in [0.3, 0.4) is 0 Å². The molecule has 1 aromatic carbocycles. The van der Waals surface area contributed by atoms with Crippen molar-refractivity contribution in [2.75, 3.05) is 13.1 Å². The van der Waals surface area contributed by atoms with E-state index in [4.69, 9.17) is 0 Å². The fourth-order valence-corrected chi connectivity index (χ4v) is 2.58. The predicted molar refractivity (Wildman–Crippen MR) is 75.4 cm³/mol. The summed E-state index contributed by atoms with van der Waals surface area (Å²) in [5, 5.41) is 15.3. The van der Waals surface area contributed by atoms with Gasteiger partial charge in [-0.05, 0) is 25.5 Å². The zero-order chi connectivity index (χ0) is 14.5. The Morgan fingerprint density at radius 1 is 1.40 bits per heavy atom. The number of rotatable bonds is 5. The Balaban J connectivity index is 1.96. The second-order valence-corrected chi connectivity index (χ2v) is 5.18. The third kappa shape index (κ3) is 3.36. The number of carbonyl (C=O) groups excluding carboxylic acids is 1. The van der Waals surface area contributed by atoms with Gasteiger partial charge in [-0.15, -0.1) is 0 Å². The minimum absolute atomic E-state index is 0.0651. The Kier molecular flexibility index (Phi) is 4.74. The quantitative estimate of drug-likeness (QED) is 0.749. The van der Waals surface area contributed by atoms with Crippen LogP contribution in [0, 0.1) is 5.92 Å². The molecule has 1 aliphatic heterocycles. The van der Waals surface area contributed by atoms with Gasteiger partial charge in [0.1, 0.15) is 0 Å². The number of carbonyl (C=O) groups is 2. The molecule has 3 unspecified atom stereocenters. The smallest absolute Gasteiger partial charge is 0.312 e. The van der Waals surface area contributed by atoms with E-state index in [1.807, 2.05) is 13.0 Å². The molecule has 108 valence electrons. The van der Waals surface area contributed by atoms with Crippen molar-refractivity contribution in [3.8, 4) is 0 Å². The molecule has 1 amide bonds. The van der Waals surface area contributed by atoms with Crippen molar-refractivity contribution in [1.29, 1.82) is 0 Å². The Hall–Kier alpha value is -1.88. The van der Waals surface area contributed by atoms with Gasteiger partial charge >= 0.3 is 5.97 Å². The lowest BCUT2D eigenvalue weighted by Crippen LogP contribution is -2.39. The van der Waals surface area contributed by atoms with Crippen LogP contribution in [0.5, 0.6) is 0 Å². The van der Waals surface area contributed by atoms with Gasteiger partial charge in [0.2, 0.25) is 5.91 Å². The van der Waals surface area contributed by atoms with Gasteiger partial charge in [-0.25, -0.2) is 0 Å². The van der Waals surface area contributed by atoms with Gasteiger partial charge in [0.25, 0.3) is 0 Å². The molecule has 1 heterocycles. The maximum absolute atomic E-state index is 12.1. The number of hydrogen-bond acceptors (Lipinski definition) is 3. The van der Waals surface area contributed by atoms with Crippen molar-refractivity contribution in [3.63, 3.8) is 0 Å². The number of aliphatic carboxylic acids is 1. The molecule has 1 aromatic rings. The largest absolute Gasteiger partial charge is 0.481 e. The van der Waals surface area contributed by atoms with Gasteiger partial charge in [0.05, 0.1) is 11.8 Å². The summed E-state index contributed by atoms with van der Waals surface area (Å²) in [6, 6.07) is 9.13. The van der Waals surface area contributed by atoms with E-state index in [0.717, 1.165) is 13.0 Å². The highest BCUT2D eigenvalue weighted by Gasteiger charge is 2.30. The van der Waals surface area contributed by atoms with Crippen molar-refractivity contribution in [2.24, 2.45) is 5.92 Å². The minimum atomic E-state index is -0.922. The van der Waals surface area contributed by atoms with Crippen molar-refractivity contribution >= 4 is 11.9 Å². The Morgan fingerprint density at radius 3 is 2.65 bits per heavy atom. The van der Waals surface area contributed by atoms with E-state index in [1.165, 1.54) is 0 Å². The summed E-state index contributed by atoms with van der Waals surface area (Å²) in [7, 11) is 0. The van der Waals surface area contributed by atoms with E-state index in [9.17, 15) is 14.7 Å². The van der Waals surface area contributed by atoms with E-state index < -0.39 is 11.9 Å². The minimum Gasteiger partial charge on any atom is -0.481 e. The molecule has 3 atom stereocenters. The molecule has 5 heteroatoms. The highest BCUT2D eigenvalue weighted by atomic mass is 16.4. The fraction of sp³-hybridized carbons (Fsp3) is 0.467. The van der Waals surface area contributed by atoms with Crippen LogP contribution in [0.1, 0.15) is 24.8 Å². The van der Waals surface area contributed by atoms with Crippen LogP contribution in [0.2, 0.25) is 0 Å². The molecule has 0 bridgehead atoms. The van der Waals surface area contributed by atoms with Crippen molar-refractivity contribution in [1.82, 2.24) is 10.6 Å². The Labute approximate surface area is 118 Å². The Bertz CT molecular complexity index is 475. The first kappa shape index (κ1) is 14.5. The van der Waals surface area contributed by atoms with Crippen molar-refractivity contribution in [2.45, 2.75) is 25.3 Å². The van der Waals surface area contributed by atoms with E-state index in [0.29, 0.717) is 5.56 Å².